The van der Waals surface area contributed by atoms with Crippen LogP contribution in [0, 0.1) is 0 Å². The summed E-state index contributed by atoms with van der Waals surface area (Å²) in [6, 6.07) is -1.48. The highest BCUT2D eigenvalue weighted by atomic mass is 32.2. The topological polar surface area (TPSA) is 107 Å². The Morgan fingerprint density at radius 3 is 2.33 bits per heavy atom. The third kappa shape index (κ3) is 3.13. The molecule has 7 nitrogen and oxygen atoms in total. The van der Waals surface area contributed by atoms with Crippen molar-refractivity contribution < 1.29 is 23.4 Å². The Balaban J connectivity index is 2.65. The van der Waals surface area contributed by atoms with Crippen molar-refractivity contribution in [2.75, 3.05) is 19.7 Å². The van der Waals surface area contributed by atoms with Crippen molar-refractivity contribution in [3.8, 4) is 0 Å². The van der Waals surface area contributed by atoms with Crippen LogP contribution in [0.4, 0.5) is 0 Å². The van der Waals surface area contributed by atoms with Crippen LogP contribution in [-0.4, -0.2) is 54.6 Å². The lowest BCUT2D eigenvalue weighted by atomic mass is 10.3. The molecule has 0 aromatic heterocycles. The molecular weight excluding hydrogens is 224 g/mol. The van der Waals surface area contributed by atoms with Gasteiger partial charge in [-0.15, -0.1) is 0 Å². The Hall–Kier alpha value is -0.700. The summed E-state index contributed by atoms with van der Waals surface area (Å²) >= 11 is 0. The second-order valence-corrected chi connectivity index (χ2v) is 5.00. The first-order chi connectivity index (χ1) is 6.97. The lowest BCUT2D eigenvalue weighted by Gasteiger charge is -2.18. The molecule has 1 heterocycles. The smallest absolute Gasteiger partial charge is 0.324 e. The molecule has 0 radical (unpaired) electrons. The van der Waals surface area contributed by atoms with E-state index in [2.05, 4.69) is 0 Å². The lowest BCUT2D eigenvalue weighted by Crippen LogP contribution is -2.49. The molecule has 0 saturated carbocycles. The van der Waals surface area contributed by atoms with Crippen LogP contribution in [0.15, 0.2) is 0 Å². The average molecular weight is 238 g/mol. The third-order valence-electron chi connectivity index (χ3n) is 2.18. The zero-order chi connectivity index (χ0) is 11.5. The van der Waals surface area contributed by atoms with Crippen LogP contribution in [0.3, 0.4) is 0 Å². The molecule has 1 aliphatic rings. The van der Waals surface area contributed by atoms with Crippen molar-refractivity contribution in [2.45, 2.75) is 18.9 Å². The molecular formula is C7H14N2O5S. The summed E-state index contributed by atoms with van der Waals surface area (Å²) < 4.78 is 26.2. The number of nitrogens with zero attached hydrogens (tertiary/aromatic N) is 1. The Labute approximate surface area is 87.9 Å². The Morgan fingerprint density at radius 2 is 1.93 bits per heavy atom. The maximum atomic E-state index is 11.5. The quantitative estimate of drug-likeness (QED) is 0.532. The Morgan fingerprint density at radius 1 is 1.40 bits per heavy atom. The summed E-state index contributed by atoms with van der Waals surface area (Å²) in [7, 11) is -3.77. The van der Waals surface area contributed by atoms with Gasteiger partial charge in [-0.25, -0.2) is 0 Å². The van der Waals surface area contributed by atoms with E-state index in [0.717, 1.165) is 12.8 Å². The zero-order valence-electron chi connectivity index (χ0n) is 8.09. The summed E-state index contributed by atoms with van der Waals surface area (Å²) in [4.78, 5) is 10.5. The number of aliphatic hydroxyl groups excluding tert-OH is 1. The minimum Gasteiger partial charge on any atom is -0.480 e. The van der Waals surface area contributed by atoms with E-state index in [-0.39, 0.29) is 0 Å². The van der Waals surface area contributed by atoms with Gasteiger partial charge in [0, 0.05) is 13.1 Å². The van der Waals surface area contributed by atoms with Crippen LogP contribution in [0.2, 0.25) is 0 Å². The first-order valence-corrected chi connectivity index (χ1v) is 6.02. The summed E-state index contributed by atoms with van der Waals surface area (Å²) in [5.74, 6) is -1.39. The van der Waals surface area contributed by atoms with E-state index in [0.29, 0.717) is 13.1 Å². The van der Waals surface area contributed by atoms with Crippen LogP contribution in [-0.2, 0) is 15.0 Å². The molecule has 1 rings (SSSR count). The van der Waals surface area contributed by atoms with Gasteiger partial charge in [-0.2, -0.15) is 17.4 Å². The van der Waals surface area contributed by atoms with Gasteiger partial charge in [0.25, 0.3) is 10.2 Å². The Bertz CT molecular complexity index is 322. The lowest BCUT2D eigenvalue weighted by molar-refractivity contribution is -0.139. The number of carboxylic acids is 1. The highest BCUT2D eigenvalue weighted by molar-refractivity contribution is 7.87. The standard InChI is InChI=1S/C7H14N2O5S/c10-5-6(7(11)12)8-15(13,14)9-3-1-2-4-9/h6,8,10H,1-5H2,(H,11,12)/t6-/m1/s1. The number of nitrogens with one attached hydrogen (secondary N) is 1. The largest absolute Gasteiger partial charge is 0.480 e. The molecule has 1 saturated heterocycles. The van der Waals surface area contributed by atoms with Gasteiger partial charge in [-0.05, 0) is 12.8 Å². The van der Waals surface area contributed by atoms with E-state index in [1.807, 2.05) is 4.72 Å². The maximum absolute atomic E-state index is 11.5. The molecule has 15 heavy (non-hydrogen) atoms. The van der Waals surface area contributed by atoms with Crippen molar-refractivity contribution in [3.63, 3.8) is 0 Å². The number of carboxylic acid groups (broad SMARTS) is 1. The predicted molar refractivity (Wildman–Crippen MR) is 51.4 cm³/mol. The van der Waals surface area contributed by atoms with E-state index in [1.54, 1.807) is 0 Å². The molecule has 0 bridgehead atoms. The van der Waals surface area contributed by atoms with Crippen LogP contribution in [0.25, 0.3) is 0 Å². The highest BCUT2D eigenvalue weighted by Crippen LogP contribution is 2.11. The van der Waals surface area contributed by atoms with E-state index >= 15 is 0 Å². The van der Waals surface area contributed by atoms with Gasteiger partial charge in [0.15, 0.2) is 0 Å². The average Bonchev–Trinajstić information content (AvgIpc) is 2.67. The summed E-state index contributed by atoms with van der Waals surface area (Å²) in [5.41, 5.74) is 0. The van der Waals surface area contributed by atoms with Crippen LogP contribution < -0.4 is 4.72 Å². The minimum atomic E-state index is -3.77. The van der Waals surface area contributed by atoms with Crippen molar-refractivity contribution in [1.29, 1.82) is 0 Å². The SMILES string of the molecule is O=C(O)[C@@H](CO)NS(=O)(=O)N1CCCC1. The normalized spacial score (nSPS) is 20.3. The first kappa shape index (κ1) is 12.4. The van der Waals surface area contributed by atoms with E-state index in [4.69, 9.17) is 10.2 Å². The van der Waals surface area contributed by atoms with Gasteiger partial charge in [0.05, 0.1) is 6.61 Å². The van der Waals surface area contributed by atoms with Gasteiger partial charge in [0.2, 0.25) is 0 Å². The fourth-order valence-corrected chi connectivity index (χ4v) is 2.77. The third-order valence-corrected chi connectivity index (χ3v) is 3.80. The van der Waals surface area contributed by atoms with Crippen molar-refractivity contribution in [3.05, 3.63) is 0 Å². The fraction of sp³-hybridized carbons (Fsp3) is 0.857. The van der Waals surface area contributed by atoms with Crippen molar-refractivity contribution >= 4 is 16.2 Å². The number of rotatable bonds is 5. The van der Waals surface area contributed by atoms with Gasteiger partial charge in [-0.3, -0.25) is 4.79 Å². The second-order valence-electron chi connectivity index (χ2n) is 3.30. The monoisotopic (exact) mass is 238 g/mol. The summed E-state index contributed by atoms with van der Waals surface area (Å²) in [6.45, 7) is 0.0304. The van der Waals surface area contributed by atoms with E-state index < -0.39 is 28.8 Å². The number of hydrogen-bond donors (Lipinski definition) is 3. The number of aliphatic carboxylic acids is 1. The molecule has 88 valence electrons. The minimum absolute atomic E-state index is 0.396. The van der Waals surface area contributed by atoms with E-state index in [9.17, 15) is 13.2 Å². The summed E-state index contributed by atoms with van der Waals surface area (Å²) in [5, 5.41) is 17.3. The molecule has 1 fully saturated rings. The van der Waals surface area contributed by atoms with Gasteiger partial charge in [0.1, 0.15) is 6.04 Å². The van der Waals surface area contributed by atoms with E-state index in [1.165, 1.54) is 4.31 Å². The molecule has 1 aliphatic heterocycles. The van der Waals surface area contributed by atoms with Crippen LogP contribution in [0.5, 0.6) is 0 Å². The molecule has 3 N–H and O–H groups in total. The molecule has 0 aliphatic carbocycles. The van der Waals surface area contributed by atoms with Gasteiger partial charge >= 0.3 is 5.97 Å². The Kier molecular flexibility index (Phi) is 4.03. The first-order valence-electron chi connectivity index (χ1n) is 4.58. The second kappa shape index (κ2) is 4.88. The zero-order valence-corrected chi connectivity index (χ0v) is 8.90. The van der Waals surface area contributed by atoms with Crippen molar-refractivity contribution in [2.24, 2.45) is 0 Å². The highest BCUT2D eigenvalue weighted by Gasteiger charge is 2.30. The van der Waals surface area contributed by atoms with Crippen LogP contribution in [0.1, 0.15) is 12.8 Å². The van der Waals surface area contributed by atoms with Crippen LogP contribution >= 0.6 is 0 Å². The molecule has 0 aromatic rings. The molecule has 1 atom stereocenters. The molecule has 8 heteroatoms. The van der Waals surface area contributed by atoms with Crippen molar-refractivity contribution in [1.82, 2.24) is 9.03 Å². The van der Waals surface area contributed by atoms with Gasteiger partial charge in [-0.1, -0.05) is 0 Å². The molecule has 0 unspecified atom stereocenters. The maximum Gasteiger partial charge on any atom is 0.324 e. The number of aliphatic hydroxyl groups is 1. The summed E-state index contributed by atoms with van der Waals surface area (Å²) in [6.07, 6.45) is 1.55. The predicted octanol–water partition coefficient (Wildman–Crippen LogP) is -1.64. The molecule has 0 spiro atoms. The van der Waals surface area contributed by atoms with Gasteiger partial charge < -0.3 is 10.2 Å². The molecule has 0 aromatic carbocycles. The fourth-order valence-electron chi connectivity index (χ4n) is 1.35. The molecule has 0 amide bonds. The number of carbonyl (C=O) groups is 1. The number of hydrogen-bond acceptors (Lipinski definition) is 4.